The van der Waals surface area contributed by atoms with Gasteiger partial charge in [-0.1, -0.05) is 30.3 Å². The molecule has 0 bridgehead atoms. The third kappa shape index (κ3) is 3.45. The van der Waals surface area contributed by atoms with E-state index in [4.69, 9.17) is 0 Å². The molecule has 112 valence electrons. The first-order chi connectivity index (χ1) is 10.5. The van der Waals surface area contributed by atoms with Crippen molar-refractivity contribution in [3.05, 3.63) is 75.8 Å². The van der Waals surface area contributed by atoms with Crippen LogP contribution in [0.4, 0.5) is 5.69 Å². The summed E-state index contributed by atoms with van der Waals surface area (Å²) in [5.41, 5.74) is 0.197. The Morgan fingerprint density at radius 2 is 1.77 bits per heavy atom. The fourth-order valence-electron chi connectivity index (χ4n) is 1.91. The van der Waals surface area contributed by atoms with Crippen LogP contribution in [0.15, 0.2) is 54.6 Å². The first kappa shape index (κ1) is 15.2. The number of carbonyl (C=O) groups is 2. The van der Waals surface area contributed by atoms with Crippen LogP contribution in [0.1, 0.15) is 22.0 Å². The van der Waals surface area contributed by atoms with Crippen LogP contribution in [0.25, 0.3) is 0 Å². The number of amides is 1. The fraction of sp³-hybridized carbons (Fsp3) is 0.0667. The normalized spacial score (nSPS) is 11.5. The van der Waals surface area contributed by atoms with Crippen molar-refractivity contribution < 1.29 is 19.6 Å². The van der Waals surface area contributed by atoms with E-state index in [0.717, 1.165) is 6.07 Å². The van der Waals surface area contributed by atoms with Crippen LogP contribution in [0.3, 0.4) is 0 Å². The van der Waals surface area contributed by atoms with Gasteiger partial charge >= 0.3 is 5.97 Å². The van der Waals surface area contributed by atoms with E-state index in [9.17, 15) is 24.8 Å². The molecule has 0 aromatic heterocycles. The molecular weight excluding hydrogens is 288 g/mol. The summed E-state index contributed by atoms with van der Waals surface area (Å²) in [4.78, 5) is 33.5. The molecule has 7 nitrogen and oxygen atoms in total. The molecule has 0 saturated carbocycles. The SMILES string of the molecule is O=C(NC(C(=O)O)c1cccc([N+](=O)[O-])c1)c1ccccc1. The van der Waals surface area contributed by atoms with Gasteiger partial charge in [0.05, 0.1) is 4.92 Å². The third-order valence-electron chi connectivity index (χ3n) is 2.97. The highest BCUT2D eigenvalue weighted by atomic mass is 16.6. The molecule has 0 spiro atoms. The first-order valence-electron chi connectivity index (χ1n) is 6.32. The topological polar surface area (TPSA) is 110 Å². The quantitative estimate of drug-likeness (QED) is 0.649. The van der Waals surface area contributed by atoms with Gasteiger partial charge in [-0.3, -0.25) is 14.9 Å². The highest BCUT2D eigenvalue weighted by molar-refractivity contribution is 5.96. The lowest BCUT2D eigenvalue weighted by Crippen LogP contribution is -2.33. The van der Waals surface area contributed by atoms with Crippen LogP contribution in [0.5, 0.6) is 0 Å². The summed E-state index contributed by atoms with van der Waals surface area (Å²) in [6.07, 6.45) is 0. The Morgan fingerprint density at radius 1 is 1.09 bits per heavy atom. The molecule has 0 aliphatic rings. The van der Waals surface area contributed by atoms with Crippen molar-refractivity contribution in [3.63, 3.8) is 0 Å². The maximum Gasteiger partial charge on any atom is 0.330 e. The van der Waals surface area contributed by atoms with Crippen LogP contribution >= 0.6 is 0 Å². The van der Waals surface area contributed by atoms with Crippen LogP contribution in [0, 0.1) is 10.1 Å². The molecule has 0 radical (unpaired) electrons. The molecule has 1 amide bonds. The van der Waals surface area contributed by atoms with Gasteiger partial charge in [0.2, 0.25) is 0 Å². The summed E-state index contributed by atoms with van der Waals surface area (Å²) in [6.45, 7) is 0. The van der Waals surface area contributed by atoms with Gasteiger partial charge in [-0.2, -0.15) is 0 Å². The van der Waals surface area contributed by atoms with Crippen molar-refractivity contribution in [3.8, 4) is 0 Å². The second-order valence-corrected chi connectivity index (χ2v) is 4.46. The lowest BCUT2D eigenvalue weighted by Gasteiger charge is -2.14. The highest BCUT2D eigenvalue weighted by Crippen LogP contribution is 2.20. The van der Waals surface area contributed by atoms with E-state index in [-0.39, 0.29) is 11.3 Å². The summed E-state index contributed by atoms with van der Waals surface area (Å²) in [6, 6.07) is 11.9. The van der Waals surface area contributed by atoms with Gasteiger partial charge < -0.3 is 10.4 Å². The maximum atomic E-state index is 12.0. The minimum Gasteiger partial charge on any atom is -0.479 e. The Hall–Kier alpha value is -3.22. The van der Waals surface area contributed by atoms with Crippen LogP contribution in [-0.2, 0) is 4.79 Å². The van der Waals surface area contributed by atoms with Crippen LogP contribution in [0.2, 0.25) is 0 Å². The van der Waals surface area contributed by atoms with Crippen molar-refractivity contribution in [2.75, 3.05) is 0 Å². The van der Waals surface area contributed by atoms with Gasteiger partial charge in [-0.05, 0) is 17.7 Å². The number of rotatable bonds is 5. The molecule has 7 heteroatoms. The Balaban J connectivity index is 2.28. The molecular formula is C15H12N2O5. The molecule has 2 N–H and O–H groups in total. The molecule has 1 atom stereocenters. The molecule has 22 heavy (non-hydrogen) atoms. The van der Waals surface area contributed by atoms with Gasteiger partial charge in [-0.25, -0.2) is 4.79 Å². The number of carboxylic acid groups (broad SMARTS) is 1. The van der Waals surface area contributed by atoms with Crippen molar-refractivity contribution in [1.29, 1.82) is 0 Å². The Kier molecular flexibility index (Phi) is 4.47. The van der Waals surface area contributed by atoms with Crippen molar-refractivity contribution >= 4 is 17.6 Å². The summed E-state index contributed by atoms with van der Waals surface area (Å²) < 4.78 is 0. The molecule has 2 aromatic rings. The summed E-state index contributed by atoms with van der Waals surface area (Å²) in [7, 11) is 0. The average molecular weight is 300 g/mol. The lowest BCUT2D eigenvalue weighted by molar-refractivity contribution is -0.384. The Bertz CT molecular complexity index is 715. The summed E-state index contributed by atoms with van der Waals surface area (Å²) in [5, 5.41) is 22.4. The van der Waals surface area contributed by atoms with Crippen molar-refractivity contribution in [2.45, 2.75) is 6.04 Å². The Morgan fingerprint density at radius 3 is 2.36 bits per heavy atom. The van der Waals surface area contributed by atoms with E-state index < -0.39 is 22.8 Å². The predicted molar refractivity (Wildman–Crippen MR) is 77.4 cm³/mol. The molecule has 2 rings (SSSR count). The lowest BCUT2D eigenvalue weighted by atomic mass is 10.1. The zero-order chi connectivity index (χ0) is 16.1. The number of benzene rings is 2. The largest absolute Gasteiger partial charge is 0.479 e. The second-order valence-electron chi connectivity index (χ2n) is 4.46. The molecule has 2 aromatic carbocycles. The third-order valence-corrected chi connectivity index (χ3v) is 2.97. The smallest absolute Gasteiger partial charge is 0.330 e. The monoisotopic (exact) mass is 300 g/mol. The minimum absolute atomic E-state index is 0.131. The number of nitrogens with zero attached hydrogens (tertiary/aromatic N) is 1. The maximum absolute atomic E-state index is 12.0. The van der Waals surface area contributed by atoms with E-state index in [2.05, 4.69) is 5.32 Å². The zero-order valence-corrected chi connectivity index (χ0v) is 11.3. The van der Waals surface area contributed by atoms with Gasteiger partial charge in [0.1, 0.15) is 0 Å². The number of nitrogens with one attached hydrogen (secondary N) is 1. The van der Waals surface area contributed by atoms with E-state index in [1.165, 1.54) is 18.2 Å². The van der Waals surface area contributed by atoms with Crippen molar-refractivity contribution in [1.82, 2.24) is 5.32 Å². The number of non-ortho nitro benzene ring substituents is 1. The van der Waals surface area contributed by atoms with Gasteiger partial charge in [0.25, 0.3) is 11.6 Å². The number of hydrogen-bond donors (Lipinski definition) is 2. The Labute approximate surface area is 125 Å². The number of aliphatic carboxylic acids is 1. The molecule has 0 heterocycles. The second kappa shape index (κ2) is 6.49. The van der Waals surface area contributed by atoms with Crippen LogP contribution < -0.4 is 5.32 Å². The fourth-order valence-corrected chi connectivity index (χ4v) is 1.91. The van der Waals surface area contributed by atoms with Gasteiger partial charge in [-0.15, -0.1) is 0 Å². The molecule has 0 fully saturated rings. The zero-order valence-electron chi connectivity index (χ0n) is 11.3. The molecule has 1 unspecified atom stereocenters. The first-order valence-corrected chi connectivity index (χ1v) is 6.32. The number of nitro benzene ring substituents is 1. The standard InChI is InChI=1S/C15H12N2O5/c18-14(10-5-2-1-3-6-10)16-13(15(19)20)11-7-4-8-12(9-11)17(21)22/h1-9,13H,(H,16,18)(H,19,20). The molecule has 0 saturated heterocycles. The van der Waals surface area contributed by atoms with Crippen molar-refractivity contribution in [2.24, 2.45) is 0 Å². The van der Waals surface area contributed by atoms with E-state index in [1.54, 1.807) is 30.3 Å². The average Bonchev–Trinajstić information content (AvgIpc) is 2.53. The number of nitro groups is 1. The minimum atomic E-state index is -1.37. The number of carboxylic acids is 1. The predicted octanol–water partition coefficient (Wildman–Crippen LogP) is 2.15. The summed E-state index contributed by atoms with van der Waals surface area (Å²) >= 11 is 0. The van der Waals surface area contributed by atoms with E-state index in [1.807, 2.05) is 0 Å². The molecule has 0 aliphatic carbocycles. The molecule has 0 aliphatic heterocycles. The number of hydrogen-bond acceptors (Lipinski definition) is 4. The number of carbonyl (C=O) groups excluding carboxylic acids is 1. The van der Waals surface area contributed by atoms with E-state index >= 15 is 0 Å². The summed E-state index contributed by atoms with van der Waals surface area (Å²) in [5.74, 6) is -1.87. The van der Waals surface area contributed by atoms with Gasteiger partial charge in [0, 0.05) is 17.7 Å². The van der Waals surface area contributed by atoms with Gasteiger partial charge in [0.15, 0.2) is 6.04 Å². The van der Waals surface area contributed by atoms with E-state index in [0.29, 0.717) is 5.56 Å². The highest BCUT2D eigenvalue weighted by Gasteiger charge is 2.24. The van der Waals surface area contributed by atoms with Crippen LogP contribution in [-0.4, -0.2) is 21.9 Å².